The van der Waals surface area contributed by atoms with Crippen LogP contribution >= 0.6 is 0 Å². The number of aliphatic hydroxyl groups excluding tert-OH is 2. The molecule has 12 heteroatoms. The van der Waals surface area contributed by atoms with E-state index in [1.54, 1.807) is 19.5 Å². The highest BCUT2D eigenvalue weighted by Crippen LogP contribution is 2.83. The minimum Gasteiger partial charge on any atom is -0.472 e. The summed E-state index contributed by atoms with van der Waals surface area (Å²) in [7, 11) is 1.24. The fraction of sp³-hybridized carbons (Fsp3) is 0.758. The highest BCUT2D eigenvalue weighted by molar-refractivity contribution is 5.78. The van der Waals surface area contributed by atoms with Crippen molar-refractivity contribution >= 4 is 23.9 Å². The van der Waals surface area contributed by atoms with E-state index in [1.807, 2.05) is 26.8 Å². The molecular weight excluding hydrogens is 588 g/mol. The molecule has 0 amide bonds. The van der Waals surface area contributed by atoms with E-state index in [1.165, 1.54) is 27.9 Å². The normalized spacial score (nSPS) is 49.3. The van der Waals surface area contributed by atoms with Gasteiger partial charge in [0.05, 0.1) is 43.4 Å². The standard InChI is InChI=1S/C33H44O12/c1-15(34)42-22-13-21(37)29(4,28(39)40-8)20-12-23(43-16(2)35)32(7)26(30(20,22)5)25(38)27(44-17(3)36)31(6)19(18-9-10-41-14-18)11-24-33(31,32)45-24/h9-10,14,19-27,37-38H,11-13H2,1-8H3. The number of hydrogen-bond acceptors (Lipinski definition) is 12. The average molecular weight is 633 g/mol. The summed E-state index contributed by atoms with van der Waals surface area (Å²) in [5.74, 6) is -4.42. The zero-order chi connectivity index (χ0) is 33.1. The number of fused-ring (bicyclic) bond motifs is 3. The molecule has 1 aliphatic heterocycles. The van der Waals surface area contributed by atoms with Crippen LogP contribution in [0.5, 0.6) is 0 Å². The van der Waals surface area contributed by atoms with Gasteiger partial charge in [-0.05, 0) is 37.3 Å². The summed E-state index contributed by atoms with van der Waals surface area (Å²) in [6.45, 7) is 11.2. The molecule has 2 heterocycles. The molecule has 248 valence electrons. The predicted molar refractivity (Wildman–Crippen MR) is 153 cm³/mol. The Morgan fingerprint density at radius 2 is 1.49 bits per heavy atom. The lowest BCUT2D eigenvalue weighted by Crippen LogP contribution is -2.80. The first kappa shape index (κ1) is 32.0. The third kappa shape index (κ3) is 3.76. The van der Waals surface area contributed by atoms with Crippen molar-refractivity contribution < 1.29 is 57.5 Å². The molecule has 14 unspecified atom stereocenters. The van der Waals surface area contributed by atoms with Gasteiger partial charge in [-0.25, -0.2) is 0 Å². The van der Waals surface area contributed by atoms with Gasteiger partial charge in [-0.3, -0.25) is 19.2 Å². The van der Waals surface area contributed by atoms with Gasteiger partial charge in [0.15, 0.2) is 0 Å². The summed E-state index contributed by atoms with van der Waals surface area (Å²) < 4.78 is 35.6. The maximum absolute atomic E-state index is 13.6. The van der Waals surface area contributed by atoms with Crippen LogP contribution in [0.15, 0.2) is 23.0 Å². The predicted octanol–water partition coefficient (Wildman–Crippen LogP) is 2.67. The maximum Gasteiger partial charge on any atom is 0.314 e. The lowest BCUT2D eigenvalue weighted by molar-refractivity contribution is -0.329. The second-order valence-electron chi connectivity index (χ2n) is 14.6. The molecule has 12 nitrogen and oxygen atoms in total. The largest absolute Gasteiger partial charge is 0.472 e. The molecule has 0 bridgehead atoms. The summed E-state index contributed by atoms with van der Waals surface area (Å²) in [5.41, 5.74) is -5.13. The van der Waals surface area contributed by atoms with Crippen molar-refractivity contribution in [2.45, 2.75) is 116 Å². The number of aliphatic hydroxyl groups is 2. The van der Waals surface area contributed by atoms with Crippen molar-refractivity contribution in [1.82, 2.24) is 0 Å². The number of rotatable bonds is 5. The van der Waals surface area contributed by atoms with Crippen molar-refractivity contribution in [3.63, 3.8) is 0 Å². The smallest absolute Gasteiger partial charge is 0.314 e. The van der Waals surface area contributed by atoms with Crippen LogP contribution in [0.2, 0.25) is 0 Å². The zero-order valence-corrected chi connectivity index (χ0v) is 27.0. The van der Waals surface area contributed by atoms with E-state index in [2.05, 4.69) is 0 Å². The van der Waals surface area contributed by atoms with Crippen molar-refractivity contribution in [3.8, 4) is 0 Å². The molecule has 2 N–H and O–H groups in total. The summed E-state index contributed by atoms with van der Waals surface area (Å²) in [4.78, 5) is 51.8. The van der Waals surface area contributed by atoms with Gasteiger partial charge in [0.1, 0.15) is 23.9 Å². The Hall–Kier alpha value is -2.96. The van der Waals surface area contributed by atoms with Crippen LogP contribution < -0.4 is 0 Å². The molecule has 0 aromatic carbocycles. The first-order chi connectivity index (χ1) is 21.0. The second kappa shape index (κ2) is 10.0. The van der Waals surface area contributed by atoms with E-state index >= 15 is 0 Å². The van der Waals surface area contributed by atoms with E-state index < -0.39 is 93.5 Å². The lowest BCUT2D eigenvalue weighted by Gasteiger charge is -2.72. The molecular formula is C33H44O12. The molecule has 1 spiro atoms. The molecule has 1 saturated heterocycles. The monoisotopic (exact) mass is 632 g/mol. The molecule has 4 saturated carbocycles. The van der Waals surface area contributed by atoms with Gasteiger partial charge in [0.25, 0.3) is 0 Å². The van der Waals surface area contributed by atoms with Crippen LogP contribution in [0, 0.1) is 33.5 Å². The molecule has 0 radical (unpaired) electrons. The van der Waals surface area contributed by atoms with Gasteiger partial charge >= 0.3 is 23.9 Å². The molecule has 14 atom stereocenters. The number of furan rings is 1. The molecule has 4 aliphatic carbocycles. The average Bonchev–Trinajstić information content (AvgIpc) is 3.31. The lowest BCUT2D eigenvalue weighted by atomic mass is 9.33. The van der Waals surface area contributed by atoms with E-state index in [-0.39, 0.29) is 24.9 Å². The number of hydrogen-bond donors (Lipinski definition) is 2. The maximum atomic E-state index is 13.6. The molecule has 5 aliphatic rings. The molecule has 1 aromatic heterocycles. The first-order valence-corrected chi connectivity index (χ1v) is 15.6. The molecule has 6 rings (SSSR count). The van der Waals surface area contributed by atoms with Gasteiger partial charge < -0.3 is 38.3 Å². The number of epoxide rings is 1. The van der Waals surface area contributed by atoms with E-state index in [0.717, 1.165) is 5.56 Å². The number of carbonyl (C=O) groups is 4. The van der Waals surface area contributed by atoms with E-state index in [0.29, 0.717) is 6.42 Å². The third-order valence-corrected chi connectivity index (χ3v) is 13.0. The number of carbonyl (C=O) groups excluding carboxylic acids is 4. The van der Waals surface area contributed by atoms with E-state index in [9.17, 15) is 29.4 Å². The molecule has 45 heavy (non-hydrogen) atoms. The van der Waals surface area contributed by atoms with E-state index in [4.69, 9.17) is 28.1 Å². The fourth-order valence-electron chi connectivity index (χ4n) is 11.4. The Bertz CT molecular complexity index is 1410. The van der Waals surface area contributed by atoms with Crippen LogP contribution in [0.3, 0.4) is 0 Å². The third-order valence-electron chi connectivity index (χ3n) is 13.0. The quantitative estimate of drug-likeness (QED) is 0.277. The Labute approximate surface area is 262 Å². The second-order valence-corrected chi connectivity index (χ2v) is 14.6. The highest BCUT2D eigenvalue weighted by atomic mass is 16.6. The summed E-state index contributed by atoms with van der Waals surface area (Å²) in [5, 5.41) is 24.3. The van der Waals surface area contributed by atoms with Crippen molar-refractivity contribution in [3.05, 3.63) is 24.2 Å². The highest BCUT2D eigenvalue weighted by Gasteiger charge is 2.92. The van der Waals surface area contributed by atoms with Crippen molar-refractivity contribution in [2.75, 3.05) is 7.11 Å². The number of ether oxygens (including phenoxy) is 5. The van der Waals surface area contributed by atoms with Crippen molar-refractivity contribution in [1.29, 1.82) is 0 Å². The van der Waals surface area contributed by atoms with Gasteiger partial charge in [0, 0.05) is 55.3 Å². The van der Waals surface area contributed by atoms with Crippen LogP contribution in [0.25, 0.3) is 0 Å². The topological polar surface area (TPSA) is 171 Å². The van der Waals surface area contributed by atoms with Crippen LogP contribution in [0.4, 0.5) is 0 Å². The summed E-state index contributed by atoms with van der Waals surface area (Å²) in [6.07, 6.45) is -2.31. The molecule has 5 fully saturated rings. The fourth-order valence-corrected chi connectivity index (χ4v) is 11.4. The molecule has 1 aromatic rings. The van der Waals surface area contributed by atoms with Crippen LogP contribution in [-0.2, 0) is 42.9 Å². The zero-order valence-electron chi connectivity index (χ0n) is 27.0. The Morgan fingerprint density at radius 1 is 0.867 bits per heavy atom. The first-order valence-electron chi connectivity index (χ1n) is 15.6. The Morgan fingerprint density at radius 3 is 2.04 bits per heavy atom. The van der Waals surface area contributed by atoms with Gasteiger partial charge in [-0.15, -0.1) is 0 Å². The van der Waals surface area contributed by atoms with Gasteiger partial charge in [-0.1, -0.05) is 20.8 Å². The minimum atomic E-state index is -1.53. The Kier molecular flexibility index (Phi) is 7.12. The van der Waals surface area contributed by atoms with Crippen LogP contribution in [-0.4, -0.2) is 83.4 Å². The number of methoxy groups -OCH3 is 1. The summed E-state index contributed by atoms with van der Waals surface area (Å²) in [6, 6.07) is 1.85. The van der Waals surface area contributed by atoms with Crippen LogP contribution in [0.1, 0.15) is 79.2 Å². The minimum absolute atomic E-state index is 0.0821. The van der Waals surface area contributed by atoms with Crippen molar-refractivity contribution in [2.24, 2.45) is 33.5 Å². The Balaban J connectivity index is 1.64. The van der Waals surface area contributed by atoms with Gasteiger partial charge in [-0.2, -0.15) is 0 Å². The number of esters is 4. The van der Waals surface area contributed by atoms with Gasteiger partial charge in [0.2, 0.25) is 0 Å². The SMILES string of the molecule is COC(=O)C1(C)C(O)CC(OC(C)=O)C2(C)C1CC(OC(C)=O)C1(C)C2C(O)C(OC(C)=O)C2(C)C(c3ccoc3)CC3OC321. The summed E-state index contributed by atoms with van der Waals surface area (Å²) >= 11 is 0.